The number of benzene rings is 2. The molecule has 0 amide bonds. The van der Waals surface area contributed by atoms with Crippen LogP contribution in [0.1, 0.15) is 49.9 Å². The average molecular weight is 599 g/mol. The van der Waals surface area contributed by atoms with Crippen molar-refractivity contribution in [2.45, 2.75) is 57.0 Å². The van der Waals surface area contributed by atoms with Crippen molar-refractivity contribution in [1.82, 2.24) is 9.97 Å². The number of hydrogen-bond acceptors (Lipinski definition) is 9. The lowest BCUT2D eigenvalue weighted by Crippen LogP contribution is -2.46. The van der Waals surface area contributed by atoms with Crippen LogP contribution in [0.3, 0.4) is 0 Å². The topological polar surface area (TPSA) is 129 Å². The maximum atomic E-state index is 13.5. The van der Waals surface area contributed by atoms with Crippen molar-refractivity contribution in [3.05, 3.63) is 62.4 Å². The number of aliphatic hydroxyl groups is 1. The smallest absolute Gasteiger partial charge is 0.338 e. The molecular weight excluding hydrogens is 564 g/mol. The summed E-state index contributed by atoms with van der Waals surface area (Å²) in [7, 11) is 6.10. The number of fused-ring (bicyclic) bond motifs is 1. The van der Waals surface area contributed by atoms with Crippen LogP contribution in [0.25, 0.3) is 10.9 Å². The molecule has 2 N–H and O–H groups in total. The van der Waals surface area contributed by atoms with Gasteiger partial charge in [-0.05, 0) is 49.3 Å². The Balaban J connectivity index is 1.44. The van der Waals surface area contributed by atoms with Crippen LogP contribution < -0.4 is 24.5 Å². The van der Waals surface area contributed by atoms with E-state index in [-0.39, 0.29) is 35.9 Å². The molecule has 10 nitrogen and oxygen atoms in total. The number of methoxy groups -OCH3 is 4. The number of carbonyl (C=O) groups is 1. The molecule has 2 aliphatic rings. The zero-order chi connectivity index (χ0) is 30.0. The Morgan fingerprint density at radius 2 is 1.64 bits per heavy atom. The normalized spacial score (nSPS) is 19.2. The van der Waals surface area contributed by atoms with Gasteiger partial charge in [0, 0.05) is 25.0 Å². The molecule has 42 heavy (non-hydrogen) atoms. The maximum Gasteiger partial charge on any atom is 0.338 e. The summed E-state index contributed by atoms with van der Waals surface area (Å²) < 4.78 is 27.8. The van der Waals surface area contributed by atoms with E-state index in [1.54, 1.807) is 38.5 Å². The lowest BCUT2D eigenvalue weighted by Gasteiger charge is -2.42. The van der Waals surface area contributed by atoms with E-state index in [4.69, 9.17) is 35.3 Å². The molecule has 1 aliphatic carbocycles. The Bertz CT molecular complexity index is 1590. The first-order valence-corrected chi connectivity index (χ1v) is 14.3. The van der Waals surface area contributed by atoms with Crippen LogP contribution in [0, 0.1) is 5.92 Å². The van der Waals surface area contributed by atoms with Gasteiger partial charge in [0.05, 0.1) is 49.9 Å². The summed E-state index contributed by atoms with van der Waals surface area (Å²) in [5.74, 6) is 1.63. The SMILES string of the molecule is COc1cc(OC)c(CCC2(C3CCCC3)CC(O)=C(Cc3nc4cc(OC)c(OC)cc4c(=O)[nH]3)C(=O)O2)cc1Cl. The predicted octanol–water partition coefficient (Wildman–Crippen LogP) is 5.47. The molecule has 1 unspecified atom stereocenters. The van der Waals surface area contributed by atoms with Crippen LogP contribution in [-0.2, 0) is 22.4 Å². The van der Waals surface area contributed by atoms with Crippen molar-refractivity contribution in [1.29, 1.82) is 0 Å². The van der Waals surface area contributed by atoms with Crippen molar-refractivity contribution in [2.75, 3.05) is 28.4 Å². The molecule has 3 aromatic rings. The Labute approximate surface area is 248 Å². The van der Waals surface area contributed by atoms with Gasteiger partial charge in [0.2, 0.25) is 0 Å². The highest BCUT2D eigenvalue weighted by Gasteiger charge is 2.48. The van der Waals surface area contributed by atoms with Crippen molar-refractivity contribution in [3.63, 3.8) is 0 Å². The molecule has 1 atom stereocenters. The van der Waals surface area contributed by atoms with Gasteiger partial charge in [-0.3, -0.25) is 4.79 Å². The number of hydrogen-bond donors (Lipinski definition) is 2. The van der Waals surface area contributed by atoms with E-state index in [2.05, 4.69) is 9.97 Å². The molecule has 11 heteroatoms. The lowest BCUT2D eigenvalue weighted by atomic mass is 9.76. The highest BCUT2D eigenvalue weighted by molar-refractivity contribution is 6.32. The minimum atomic E-state index is -0.882. The van der Waals surface area contributed by atoms with Gasteiger partial charge < -0.3 is 33.8 Å². The van der Waals surface area contributed by atoms with Crippen molar-refractivity contribution < 1.29 is 33.6 Å². The number of carbonyl (C=O) groups excluding carboxylic acids is 1. The second-order valence-electron chi connectivity index (χ2n) is 10.8. The van der Waals surface area contributed by atoms with Gasteiger partial charge >= 0.3 is 5.97 Å². The van der Waals surface area contributed by atoms with Gasteiger partial charge in [-0.25, -0.2) is 9.78 Å². The number of ether oxygens (including phenoxy) is 5. The number of H-pyrrole nitrogens is 1. The summed E-state index contributed by atoms with van der Waals surface area (Å²) in [5, 5.41) is 12.1. The molecule has 0 bridgehead atoms. The highest BCUT2D eigenvalue weighted by atomic mass is 35.5. The fourth-order valence-corrected chi connectivity index (χ4v) is 6.48. The Morgan fingerprint density at radius 1 is 0.976 bits per heavy atom. The summed E-state index contributed by atoms with van der Waals surface area (Å²) in [5.41, 5.74) is 0.0375. The van der Waals surface area contributed by atoms with Gasteiger partial charge in [-0.2, -0.15) is 0 Å². The van der Waals surface area contributed by atoms with Crippen LogP contribution in [0.2, 0.25) is 5.02 Å². The lowest BCUT2D eigenvalue weighted by molar-refractivity contribution is -0.167. The van der Waals surface area contributed by atoms with E-state index in [9.17, 15) is 14.7 Å². The van der Waals surface area contributed by atoms with Crippen LogP contribution in [0.5, 0.6) is 23.0 Å². The first-order valence-electron chi connectivity index (χ1n) is 13.9. The standard InChI is InChI=1S/C31H35ClN2O8/c1-38-24-15-25(39-2)21(32)11-17(24)9-10-31(18-7-5-6-8-18)16-23(35)20(30(37)42-31)13-28-33-22-14-27(41-4)26(40-3)12-19(22)29(36)34-28/h11-12,14-15,18,35H,5-10,13,16H2,1-4H3,(H,33,34,36). The third kappa shape index (κ3) is 5.60. The van der Waals surface area contributed by atoms with Crippen molar-refractivity contribution in [2.24, 2.45) is 5.92 Å². The molecule has 224 valence electrons. The molecule has 2 aromatic carbocycles. The van der Waals surface area contributed by atoms with E-state index in [0.717, 1.165) is 31.2 Å². The minimum absolute atomic E-state index is 0.0482. The van der Waals surface area contributed by atoms with Crippen LogP contribution in [-0.4, -0.2) is 55.1 Å². The second-order valence-corrected chi connectivity index (χ2v) is 11.2. The maximum absolute atomic E-state index is 13.5. The fourth-order valence-electron chi connectivity index (χ4n) is 6.22. The predicted molar refractivity (Wildman–Crippen MR) is 157 cm³/mol. The van der Waals surface area contributed by atoms with Gasteiger partial charge in [0.25, 0.3) is 5.56 Å². The van der Waals surface area contributed by atoms with Crippen LogP contribution in [0.15, 0.2) is 40.4 Å². The molecule has 1 aromatic heterocycles. The molecule has 1 fully saturated rings. The Kier molecular flexibility index (Phi) is 8.54. The number of aliphatic hydroxyl groups excluding tert-OH is 1. The zero-order valence-electron chi connectivity index (χ0n) is 24.2. The molecule has 2 heterocycles. The monoisotopic (exact) mass is 598 g/mol. The molecule has 5 rings (SSSR count). The number of cyclic esters (lactones) is 1. The van der Waals surface area contributed by atoms with Crippen LogP contribution in [0.4, 0.5) is 0 Å². The second kappa shape index (κ2) is 12.1. The molecular formula is C31H35ClN2O8. The third-order valence-electron chi connectivity index (χ3n) is 8.43. The summed E-state index contributed by atoms with van der Waals surface area (Å²) in [6, 6.07) is 6.70. The highest BCUT2D eigenvalue weighted by Crippen LogP contribution is 2.46. The molecule has 1 aliphatic heterocycles. The largest absolute Gasteiger partial charge is 0.512 e. The van der Waals surface area contributed by atoms with Gasteiger partial charge in [0.15, 0.2) is 11.5 Å². The first-order chi connectivity index (χ1) is 20.2. The number of aryl methyl sites for hydroxylation is 1. The average Bonchev–Trinajstić information content (AvgIpc) is 3.53. The van der Waals surface area contributed by atoms with E-state index < -0.39 is 17.1 Å². The molecule has 1 saturated carbocycles. The van der Waals surface area contributed by atoms with E-state index >= 15 is 0 Å². The molecule has 0 saturated heterocycles. The number of rotatable bonds is 10. The summed E-state index contributed by atoms with van der Waals surface area (Å²) >= 11 is 6.41. The Morgan fingerprint density at radius 3 is 2.29 bits per heavy atom. The quantitative estimate of drug-likeness (QED) is 0.292. The van der Waals surface area contributed by atoms with Gasteiger partial charge in [-0.15, -0.1) is 0 Å². The molecule has 0 radical (unpaired) electrons. The number of aromatic nitrogens is 2. The summed E-state index contributed by atoms with van der Waals surface area (Å²) in [6.07, 6.45) is 4.96. The minimum Gasteiger partial charge on any atom is -0.512 e. The van der Waals surface area contributed by atoms with Gasteiger partial charge in [-0.1, -0.05) is 24.4 Å². The number of aromatic amines is 1. The van der Waals surface area contributed by atoms with E-state index in [1.807, 2.05) is 0 Å². The van der Waals surface area contributed by atoms with E-state index in [0.29, 0.717) is 51.8 Å². The first kappa shape index (κ1) is 29.6. The number of halogens is 1. The van der Waals surface area contributed by atoms with Crippen LogP contribution >= 0.6 is 11.6 Å². The van der Waals surface area contributed by atoms with Crippen molar-refractivity contribution in [3.8, 4) is 23.0 Å². The van der Waals surface area contributed by atoms with Gasteiger partial charge in [0.1, 0.15) is 28.7 Å². The summed E-state index contributed by atoms with van der Waals surface area (Å²) in [6.45, 7) is 0. The third-order valence-corrected chi connectivity index (χ3v) is 8.73. The number of esters is 1. The number of nitrogens with one attached hydrogen (secondary N) is 1. The number of nitrogens with zero attached hydrogens (tertiary/aromatic N) is 1. The fraction of sp³-hybridized carbons (Fsp3) is 0.452. The summed E-state index contributed by atoms with van der Waals surface area (Å²) in [4.78, 5) is 33.7. The van der Waals surface area contributed by atoms with Crippen molar-refractivity contribution >= 4 is 28.5 Å². The van der Waals surface area contributed by atoms with E-state index in [1.165, 1.54) is 14.2 Å². The Hall–Kier alpha value is -3.92. The molecule has 0 spiro atoms. The zero-order valence-corrected chi connectivity index (χ0v) is 24.9.